The zero-order chi connectivity index (χ0) is 13.7. The van der Waals surface area contributed by atoms with Crippen molar-refractivity contribution in [3.8, 4) is 0 Å². The van der Waals surface area contributed by atoms with Crippen LogP contribution in [-0.2, 0) is 11.3 Å². The molecule has 0 saturated heterocycles. The van der Waals surface area contributed by atoms with Crippen molar-refractivity contribution in [2.45, 2.75) is 32.4 Å². The van der Waals surface area contributed by atoms with Crippen molar-refractivity contribution in [2.75, 3.05) is 0 Å². The van der Waals surface area contributed by atoms with Gasteiger partial charge in [-0.3, -0.25) is 4.79 Å². The largest absolute Gasteiger partial charge is 0.481 e. The SMILES string of the molecule is CC[C@H](CC(=O)O)NCc1ccc2ccccc2c1. The summed E-state index contributed by atoms with van der Waals surface area (Å²) in [6, 6.07) is 14.6. The molecule has 19 heavy (non-hydrogen) atoms. The van der Waals surface area contributed by atoms with Gasteiger partial charge in [0.05, 0.1) is 6.42 Å². The highest BCUT2D eigenvalue weighted by Gasteiger charge is 2.10. The molecule has 0 bridgehead atoms. The van der Waals surface area contributed by atoms with Crippen molar-refractivity contribution in [3.63, 3.8) is 0 Å². The molecule has 0 aromatic heterocycles. The van der Waals surface area contributed by atoms with Crippen LogP contribution in [0.4, 0.5) is 0 Å². The van der Waals surface area contributed by atoms with E-state index in [0.29, 0.717) is 6.54 Å². The van der Waals surface area contributed by atoms with Crippen molar-refractivity contribution in [1.82, 2.24) is 5.32 Å². The van der Waals surface area contributed by atoms with Gasteiger partial charge in [0.1, 0.15) is 0 Å². The lowest BCUT2D eigenvalue weighted by Crippen LogP contribution is -2.30. The van der Waals surface area contributed by atoms with E-state index in [-0.39, 0.29) is 12.5 Å². The summed E-state index contributed by atoms with van der Waals surface area (Å²) in [5, 5.41) is 14.6. The number of carbonyl (C=O) groups is 1. The van der Waals surface area contributed by atoms with E-state index in [0.717, 1.165) is 6.42 Å². The highest BCUT2D eigenvalue weighted by molar-refractivity contribution is 5.82. The third kappa shape index (κ3) is 3.80. The number of carboxylic acids is 1. The van der Waals surface area contributed by atoms with Gasteiger partial charge in [0.15, 0.2) is 0 Å². The van der Waals surface area contributed by atoms with Gasteiger partial charge in [-0.15, -0.1) is 0 Å². The molecule has 2 aromatic carbocycles. The molecule has 0 aliphatic carbocycles. The van der Waals surface area contributed by atoms with E-state index >= 15 is 0 Å². The Morgan fingerprint density at radius 1 is 1.21 bits per heavy atom. The quantitative estimate of drug-likeness (QED) is 0.835. The summed E-state index contributed by atoms with van der Waals surface area (Å²) in [4.78, 5) is 10.7. The fourth-order valence-corrected chi connectivity index (χ4v) is 2.18. The van der Waals surface area contributed by atoms with Gasteiger partial charge in [-0.1, -0.05) is 43.3 Å². The molecular formula is C16H19NO2. The average molecular weight is 257 g/mol. The van der Waals surface area contributed by atoms with Crippen molar-refractivity contribution in [3.05, 3.63) is 48.0 Å². The Labute approximate surface area is 113 Å². The Bertz CT molecular complexity index is 565. The zero-order valence-electron chi connectivity index (χ0n) is 11.1. The van der Waals surface area contributed by atoms with Gasteiger partial charge in [-0.05, 0) is 28.8 Å². The fraction of sp³-hybridized carbons (Fsp3) is 0.312. The van der Waals surface area contributed by atoms with Gasteiger partial charge in [-0.25, -0.2) is 0 Å². The molecule has 0 heterocycles. The Morgan fingerprint density at radius 3 is 2.63 bits per heavy atom. The molecule has 2 N–H and O–H groups in total. The van der Waals surface area contributed by atoms with E-state index in [1.165, 1.54) is 16.3 Å². The molecule has 0 radical (unpaired) electrons. The van der Waals surface area contributed by atoms with E-state index in [1.807, 2.05) is 19.1 Å². The van der Waals surface area contributed by atoms with Gasteiger partial charge < -0.3 is 10.4 Å². The van der Waals surface area contributed by atoms with Gasteiger partial charge >= 0.3 is 5.97 Å². The first-order valence-corrected chi connectivity index (χ1v) is 6.62. The van der Waals surface area contributed by atoms with Gasteiger partial charge in [0.25, 0.3) is 0 Å². The first-order chi connectivity index (χ1) is 9.19. The Morgan fingerprint density at radius 2 is 1.95 bits per heavy atom. The molecule has 0 aliphatic heterocycles. The number of hydrogen-bond acceptors (Lipinski definition) is 2. The topological polar surface area (TPSA) is 49.3 Å². The van der Waals surface area contributed by atoms with Crippen LogP contribution in [0.15, 0.2) is 42.5 Å². The third-order valence-corrected chi connectivity index (χ3v) is 3.32. The molecule has 2 aromatic rings. The molecule has 0 saturated carbocycles. The van der Waals surface area contributed by atoms with Crippen LogP contribution in [-0.4, -0.2) is 17.1 Å². The van der Waals surface area contributed by atoms with Gasteiger partial charge in [-0.2, -0.15) is 0 Å². The summed E-state index contributed by atoms with van der Waals surface area (Å²) in [5.41, 5.74) is 1.18. The van der Waals surface area contributed by atoms with Crippen LogP contribution in [0.2, 0.25) is 0 Å². The maximum absolute atomic E-state index is 10.7. The van der Waals surface area contributed by atoms with E-state index < -0.39 is 5.97 Å². The van der Waals surface area contributed by atoms with Crippen LogP contribution in [0, 0.1) is 0 Å². The smallest absolute Gasteiger partial charge is 0.304 e. The number of nitrogens with one attached hydrogen (secondary N) is 1. The number of carboxylic acid groups (broad SMARTS) is 1. The molecule has 0 spiro atoms. The molecule has 100 valence electrons. The molecule has 0 aliphatic rings. The molecule has 3 nitrogen and oxygen atoms in total. The Hall–Kier alpha value is -1.87. The number of hydrogen-bond donors (Lipinski definition) is 2. The standard InChI is InChI=1S/C16H19NO2/c1-2-15(10-16(18)19)17-11-12-7-8-13-5-3-4-6-14(13)9-12/h3-9,15,17H,2,10-11H2,1H3,(H,18,19)/t15-/m1/s1. The predicted molar refractivity (Wildman–Crippen MR) is 77.1 cm³/mol. The van der Waals surface area contributed by atoms with E-state index in [4.69, 9.17) is 5.11 Å². The molecule has 0 fully saturated rings. The fourth-order valence-electron chi connectivity index (χ4n) is 2.18. The van der Waals surface area contributed by atoms with Crippen molar-refractivity contribution in [2.24, 2.45) is 0 Å². The number of aliphatic carboxylic acids is 1. The second-order valence-electron chi connectivity index (χ2n) is 4.77. The molecule has 0 amide bonds. The minimum Gasteiger partial charge on any atom is -0.481 e. The minimum absolute atomic E-state index is 0.0315. The number of rotatable bonds is 6. The second-order valence-corrected chi connectivity index (χ2v) is 4.77. The highest BCUT2D eigenvalue weighted by atomic mass is 16.4. The van der Waals surface area contributed by atoms with Crippen LogP contribution in [0.5, 0.6) is 0 Å². The first kappa shape index (κ1) is 13.6. The van der Waals surface area contributed by atoms with Crippen molar-refractivity contribution < 1.29 is 9.90 Å². The molecular weight excluding hydrogens is 238 g/mol. The monoisotopic (exact) mass is 257 g/mol. The Balaban J connectivity index is 2.02. The van der Waals surface area contributed by atoms with Crippen LogP contribution < -0.4 is 5.32 Å². The van der Waals surface area contributed by atoms with Crippen LogP contribution >= 0.6 is 0 Å². The van der Waals surface area contributed by atoms with Crippen LogP contribution in [0.25, 0.3) is 10.8 Å². The maximum atomic E-state index is 10.7. The summed E-state index contributed by atoms with van der Waals surface area (Å²) in [6.07, 6.45) is 0.990. The average Bonchev–Trinajstić information content (AvgIpc) is 2.42. The number of fused-ring (bicyclic) bond motifs is 1. The predicted octanol–water partition coefficient (Wildman–Crippen LogP) is 3.18. The van der Waals surface area contributed by atoms with Crippen LogP contribution in [0.1, 0.15) is 25.3 Å². The lowest BCUT2D eigenvalue weighted by Gasteiger charge is -2.15. The molecule has 1 atom stereocenters. The Kier molecular flexibility index (Phi) is 4.53. The lowest BCUT2D eigenvalue weighted by molar-refractivity contribution is -0.137. The normalized spacial score (nSPS) is 12.5. The van der Waals surface area contributed by atoms with E-state index in [2.05, 4.69) is 35.6 Å². The summed E-state index contributed by atoms with van der Waals surface area (Å²) in [6.45, 7) is 2.71. The van der Waals surface area contributed by atoms with Crippen molar-refractivity contribution in [1.29, 1.82) is 0 Å². The third-order valence-electron chi connectivity index (χ3n) is 3.32. The van der Waals surface area contributed by atoms with E-state index in [9.17, 15) is 4.79 Å². The van der Waals surface area contributed by atoms with Crippen molar-refractivity contribution >= 4 is 16.7 Å². The highest BCUT2D eigenvalue weighted by Crippen LogP contribution is 2.15. The van der Waals surface area contributed by atoms with E-state index in [1.54, 1.807) is 0 Å². The molecule has 0 unspecified atom stereocenters. The molecule has 2 rings (SSSR count). The van der Waals surface area contributed by atoms with Gasteiger partial charge in [0.2, 0.25) is 0 Å². The maximum Gasteiger partial charge on any atom is 0.304 e. The lowest BCUT2D eigenvalue weighted by atomic mass is 10.1. The number of benzene rings is 2. The summed E-state index contributed by atoms with van der Waals surface area (Å²) in [7, 11) is 0. The zero-order valence-corrected chi connectivity index (χ0v) is 11.1. The summed E-state index contributed by atoms with van der Waals surface area (Å²) in [5.74, 6) is -0.752. The van der Waals surface area contributed by atoms with Crippen LogP contribution in [0.3, 0.4) is 0 Å². The first-order valence-electron chi connectivity index (χ1n) is 6.62. The van der Waals surface area contributed by atoms with Gasteiger partial charge in [0, 0.05) is 12.6 Å². The molecule has 3 heteroatoms. The summed E-state index contributed by atoms with van der Waals surface area (Å²) >= 11 is 0. The minimum atomic E-state index is -0.752. The second kappa shape index (κ2) is 6.34. The summed E-state index contributed by atoms with van der Waals surface area (Å²) < 4.78 is 0.